The summed E-state index contributed by atoms with van der Waals surface area (Å²) in [7, 11) is 4.83. The number of carbonyl (C=O) groups is 1. The number of fused-ring (bicyclic) bond motifs is 1. The number of amides is 2. The molecule has 8 nitrogen and oxygen atoms in total. The Labute approximate surface area is 188 Å². The van der Waals surface area contributed by atoms with E-state index in [4.69, 9.17) is 14.6 Å². The number of carbonyl (C=O) groups excluding carboxylic acids is 1. The number of hydrogen-bond acceptors (Lipinski definition) is 6. The number of benzene rings is 2. The highest BCUT2D eigenvalue weighted by molar-refractivity contribution is 6.14. The summed E-state index contributed by atoms with van der Waals surface area (Å²) in [6.07, 6.45) is 1.13. The van der Waals surface area contributed by atoms with Crippen LogP contribution >= 0.6 is 0 Å². The monoisotopic (exact) mass is 438 g/mol. The zero-order valence-electron chi connectivity index (χ0n) is 19.0. The molecule has 2 N–H and O–H groups in total. The van der Waals surface area contributed by atoms with E-state index in [1.165, 1.54) is 5.01 Å². The SMILES string of the molecule is CNC(=O)N1N=C(c2ccc(N3CCC(O)C3)cc2)c2cc(OC)c(OC)cc2CC1C. The molecule has 2 amide bonds. The van der Waals surface area contributed by atoms with Gasteiger partial charge in [0.2, 0.25) is 0 Å². The van der Waals surface area contributed by atoms with Crippen molar-refractivity contribution in [2.45, 2.75) is 31.9 Å². The second-order valence-corrected chi connectivity index (χ2v) is 8.20. The number of hydrogen-bond donors (Lipinski definition) is 2. The summed E-state index contributed by atoms with van der Waals surface area (Å²) in [5.74, 6) is 1.26. The molecule has 2 aromatic carbocycles. The van der Waals surface area contributed by atoms with Crippen LogP contribution in [0.15, 0.2) is 41.5 Å². The van der Waals surface area contributed by atoms with Gasteiger partial charge in [0, 0.05) is 37.0 Å². The molecule has 4 rings (SSSR count). The predicted octanol–water partition coefficient (Wildman–Crippen LogP) is 2.61. The van der Waals surface area contributed by atoms with Crippen molar-refractivity contribution in [2.24, 2.45) is 5.10 Å². The van der Waals surface area contributed by atoms with Crippen LogP contribution in [-0.2, 0) is 6.42 Å². The lowest BCUT2D eigenvalue weighted by Gasteiger charge is -2.22. The van der Waals surface area contributed by atoms with E-state index in [0.29, 0.717) is 30.2 Å². The Hall–Kier alpha value is -3.26. The minimum Gasteiger partial charge on any atom is -0.493 e. The molecule has 1 saturated heterocycles. The molecule has 1 fully saturated rings. The van der Waals surface area contributed by atoms with Gasteiger partial charge in [0.15, 0.2) is 11.5 Å². The van der Waals surface area contributed by atoms with E-state index in [1.54, 1.807) is 21.3 Å². The molecule has 0 aromatic heterocycles. The van der Waals surface area contributed by atoms with Crippen LogP contribution in [0.4, 0.5) is 10.5 Å². The van der Waals surface area contributed by atoms with Crippen LogP contribution in [0.2, 0.25) is 0 Å². The molecule has 2 unspecified atom stereocenters. The summed E-state index contributed by atoms with van der Waals surface area (Å²) in [6.45, 7) is 3.45. The lowest BCUT2D eigenvalue weighted by atomic mass is 9.94. The van der Waals surface area contributed by atoms with E-state index in [2.05, 4.69) is 10.2 Å². The molecule has 0 bridgehead atoms. The average Bonchev–Trinajstić information content (AvgIpc) is 3.19. The van der Waals surface area contributed by atoms with Gasteiger partial charge in [0.05, 0.1) is 32.1 Å². The number of aliphatic hydroxyl groups is 1. The fourth-order valence-corrected chi connectivity index (χ4v) is 4.36. The summed E-state index contributed by atoms with van der Waals surface area (Å²) in [5, 5.41) is 18.8. The van der Waals surface area contributed by atoms with Crippen molar-refractivity contribution in [3.05, 3.63) is 53.1 Å². The number of anilines is 1. The predicted molar refractivity (Wildman–Crippen MR) is 124 cm³/mol. The Morgan fingerprint density at radius 3 is 2.44 bits per heavy atom. The van der Waals surface area contributed by atoms with Gasteiger partial charge in [-0.15, -0.1) is 0 Å². The van der Waals surface area contributed by atoms with Crippen LogP contribution in [0.1, 0.15) is 30.0 Å². The number of rotatable bonds is 4. The number of β-amino-alcohol motifs (C(OH)–C–C–N with tert-alkyl or cyclic N) is 1. The Bertz CT molecular complexity index is 1020. The molecule has 2 aliphatic heterocycles. The standard InChI is InChI=1S/C24H30N4O4/c1-15-11-17-12-21(31-3)22(32-4)13-20(17)23(26-28(15)24(30)25-2)16-5-7-18(8-6-16)27-10-9-19(29)14-27/h5-8,12-13,15,19,29H,9-11,14H2,1-4H3,(H,25,30). The van der Waals surface area contributed by atoms with E-state index < -0.39 is 0 Å². The van der Waals surface area contributed by atoms with Gasteiger partial charge in [0.25, 0.3) is 0 Å². The third-order valence-corrected chi connectivity index (χ3v) is 6.10. The van der Waals surface area contributed by atoms with Gasteiger partial charge in [-0.25, -0.2) is 9.80 Å². The average molecular weight is 439 g/mol. The number of methoxy groups -OCH3 is 2. The highest BCUT2D eigenvalue weighted by Gasteiger charge is 2.28. The Kier molecular flexibility index (Phi) is 6.23. The van der Waals surface area contributed by atoms with Crippen LogP contribution in [0.3, 0.4) is 0 Å². The first-order valence-electron chi connectivity index (χ1n) is 10.8. The van der Waals surface area contributed by atoms with Crippen LogP contribution < -0.4 is 19.7 Å². The Balaban J connectivity index is 1.80. The normalized spacial score (nSPS) is 20.3. The van der Waals surface area contributed by atoms with Crippen molar-refractivity contribution in [3.63, 3.8) is 0 Å². The second-order valence-electron chi connectivity index (χ2n) is 8.20. The summed E-state index contributed by atoms with van der Waals surface area (Å²) in [5.41, 5.74) is 4.59. The van der Waals surface area contributed by atoms with Gasteiger partial charge in [0.1, 0.15) is 0 Å². The van der Waals surface area contributed by atoms with E-state index in [0.717, 1.165) is 35.3 Å². The van der Waals surface area contributed by atoms with Crippen molar-refractivity contribution in [2.75, 3.05) is 39.3 Å². The van der Waals surface area contributed by atoms with E-state index in [9.17, 15) is 9.90 Å². The smallest absolute Gasteiger partial charge is 0.337 e. The first-order chi connectivity index (χ1) is 15.4. The fraction of sp³-hybridized carbons (Fsp3) is 0.417. The van der Waals surface area contributed by atoms with E-state index in [-0.39, 0.29) is 18.2 Å². The number of nitrogens with zero attached hydrogens (tertiary/aromatic N) is 3. The molecule has 2 aliphatic rings. The molecule has 2 atom stereocenters. The van der Waals surface area contributed by atoms with Gasteiger partial charge in [-0.1, -0.05) is 12.1 Å². The lowest BCUT2D eigenvalue weighted by Crippen LogP contribution is -2.41. The molecule has 8 heteroatoms. The molecule has 2 aromatic rings. The molecule has 32 heavy (non-hydrogen) atoms. The fourth-order valence-electron chi connectivity index (χ4n) is 4.36. The molecule has 0 spiro atoms. The number of aliphatic hydroxyl groups excluding tert-OH is 1. The van der Waals surface area contributed by atoms with Crippen LogP contribution in [-0.4, -0.2) is 68.4 Å². The van der Waals surface area contributed by atoms with Crippen LogP contribution in [0, 0.1) is 0 Å². The van der Waals surface area contributed by atoms with E-state index >= 15 is 0 Å². The summed E-state index contributed by atoms with van der Waals surface area (Å²) < 4.78 is 11.1. The zero-order valence-corrected chi connectivity index (χ0v) is 19.0. The van der Waals surface area contributed by atoms with Crippen molar-refractivity contribution < 1.29 is 19.4 Å². The molecule has 2 heterocycles. The third-order valence-electron chi connectivity index (χ3n) is 6.10. The van der Waals surface area contributed by atoms with Gasteiger partial charge in [-0.2, -0.15) is 5.10 Å². The molecular formula is C24H30N4O4. The maximum absolute atomic E-state index is 12.6. The van der Waals surface area contributed by atoms with E-state index in [1.807, 2.05) is 43.3 Å². The van der Waals surface area contributed by atoms with Crippen molar-refractivity contribution in [1.29, 1.82) is 0 Å². The molecule has 0 aliphatic carbocycles. The summed E-state index contributed by atoms with van der Waals surface area (Å²) >= 11 is 0. The maximum atomic E-state index is 12.6. The highest BCUT2D eigenvalue weighted by atomic mass is 16.5. The first kappa shape index (κ1) is 22.0. The third kappa shape index (κ3) is 4.10. The van der Waals surface area contributed by atoms with Crippen molar-refractivity contribution in [3.8, 4) is 11.5 Å². The first-order valence-corrected chi connectivity index (χ1v) is 10.8. The van der Waals surface area contributed by atoms with Gasteiger partial charge in [-0.05, 0) is 49.6 Å². The van der Waals surface area contributed by atoms with Crippen molar-refractivity contribution in [1.82, 2.24) is 10.3 Å². The van der Waals surface area contributed by atoms with Crippen LogP contribution in [0.5, 0.6) is 11.5 Å². The minimum absolute atomic E-state index is 0.144. The quantitative estimate of drug-likeness (QED) is 0.766. The summed E-state index contributed by atoms with van der Waals surface area (Å²) in [6, 6.07) is 11.6. The number of nitrogens with one attached hydrogen (secondary N) is 1. The molecule has 170 valence electrons. The largest absolute Gasteiger partial charge is 0.493 e. The molecular weight excluding hydrogens is 408 g/mol. The second kappa shape index (κ2) is 9.08. The maximum Gasteiger partial charge on any atom is 0.337 e. The number of hydrazone groups is 1. The number of ether oxygens (including phenoxy) is 2. The zero-order chi connectivity index (χ0) is 22.8. The topological polar surface area (TPSA) is 86.6 Å². The highest BCUT2D eigenvalue weighted by Crippen LogP contribution is 2.35. The molecule has 0 radical (unpaired) electrons. The van der Waals surface area contributed by atoms with Crippen molar-refractivity contribution >= 4 is 17.4 Å². The van der Waals surface area contributed by atoms with Gasteiger partial charge in [-0.3, -0.25) is 0 Å². The Morgan fingerprint density at radius 2 is 1.84 bits per heavy atom. The van der Waals surface area contributed by atoms with Gasteiger partial charge >= 0.3 is 6.03 Å². The Morgan fingerprint density at radius 1 is 1.16 bits per heavy atom. The van der Waals surface area contributed by atoms with Gasteiger partial charge < -0.3 is 24.8 Å². The lowest BCUT2D eigenvalue weighted by molar-refractivity contribution is 0.184. The number of urea groups is 1. The van der Waals surface area contributed by atoms with Crippen LogP contribution in [0.25, 0.3) is 0 Å². The summed E-state index contributed by atoms with van der Waals surface area (Å²) in [4.78, 5) is 14.8. The minimum atomic E-state index is -0.280. The molecule has 0 saturated carbocycles.